The molecule has 0 radical (unpaired) electrons. The number of rotatable bonds is 4. The van der Waals surface area contributed by atoms with Crippen LogP contribution >= 0.6 is 15.9 Å². The van der Waals surface area contributed by atoms with E-state index < -0.39 is 11.8 Å². The van der Waals surface area contributed by atoms with Crippen LogP contribution in [0.2, 0.25) is 0 Å². The Morgan fingerprint density at radius 3 is 2.59 bits per heavy atom. The van der Waals surface area contributed by atoms with Gasteiger partial charge in [0.15, 0.2) is 11.5 Å². The highest BCUT2D eigenvalue weighted by molar-refractivity contribution is 9.10. The summed E-state index contributed by atoms with van der Waals surface area (Å²) >= 11 is 3.12. The third-order valence-corrected chi connectivity index (χ3v) is 2.64. The van der Waals surface area contributed by atoms with Gasteiger partial charge in [0.25, 0.3) is 5.78 Å². The molecule has 0 aromatic heterocycles. The zero-order valence-electron chi connectivity index (χ0n) is 9.32. The van der Waals surface area contributed by atoms with Crippen LogP contribution in [0.5, 0.6) is 11.5 Å². The van der Waals surface area contributed by atoms with Crippen LogP contribution in [0, 0.1) is 0 Å². The number of carbonyl (C=O) groups is 2. The Kier molecular flexibility index (Phi) is 4.51. The van der Waals surface area contributed by atoms with Gasteiger partial charge in [-0.1, -0.05) is 0 Å². The van der Waals surface area contributed by atoms with Crippen LogP contribution in [-0.2, 0) is 9.53 Å². The van der Waals surface area contributed by atoms with Crippen LogP contribution in [0.25, 0.3) is 0 Å². The molecular formula is C11H11BrO5. The van der Waals surface area contributed by atoms with E-state index in [4.69, 9.17) is 4.74 Å². The Morgan fingerprint density at radius 2 is 2.06 bits per heavy atom. The number of methoxy groups -OCH3 is 1. The molecule has 1 aromatic rings. The van der Waals surface area contributed by atoms with E-state index in [2.05, 4.69) is 20.7 Å². The van der Waals surface area contributed by atoms with Crippen molar-refractivity contribution in [3.8, 4) is 11.5 Å². The van der Waals surface area contributed by atoms with E-state index in [1.807, 2.05) is 0 Å². The maximum atomic E-state index is 11.8. The van der Waals surface area contributed by atoms with Gasteiger partial charge in [0.1, 0.15) is 0 Å². The van der Waals surface area contributed by atoms with Gasteiger partial charge in [0.05, 0.1) is 19.3 Å². The van der Waals surface area contributed by atoms with Crippen LogP contribution in [-0.4, -0.2) is 30.6 Å². The highest BCUT2D eigenvalue weighted by Crippen LogP contribution is 2.35. The van der Waals surface area contributed by atoms with Gasteiger partial charge in [0.2, 0.25) is 0 Å². The molecule has 1 rings (SSSR count). The fraction of sp³-hybridized carbons (Fsp3) is 0.273. The van der Waals surface area contributed by atoms with Crippen molar-refractivity contribution in [2.45, 2.75) is 6.92 Å². The number of halogens is 1. The lowest BCUT2D eigenvalue weighted by molar-refractivity contribution is -0.137. The van der Waals surface area contributed by atoms with Gasteiger partial charge in [-0.05, 0) is 35.0 Å². The van der Waals surface area contributed by atoms with Gasteiger partial charge in [-0.15, -0.1) is 0 Å². The minimum Gasteiger partial charge on any atom is -0.504 e. The number of ketones is 1. The molecule has 0 amide bonds. The zero-order valence-corrected chi connectivity index (χ0v) is 10.9. The number of phenolic OH excluding ortho intramolecular Hbond substituents is 1. The van der Waals surface area contributed by atoms with E-state index in [1.54, 1.807) is 6.92 Å². The molecule has 92 valence electrons. The molecule has 0 aliphatic carbocycles. The number of hydrogen-bond donors (Lipinski definition) is 1. The molecule has 0 atom stereocenters. The second-order valence-corrected chi connectivity index (χ2v) is 3.88. The van der Waals surface area contributed by atoms with Gasteiger partial charge in [-0.3, -0.25) is 4.79 Å². The van der Waals surface area contributed by atoms with Gasteiger partial charge < -0.3 is 14.6 Å². The standard InChI is InChI=1S/C11H11BrO5/c1-3-17-11(15)9(14)8-6(12)4-5-7(13)10(8)16-2/h4-5,13H,3H2,1-2H3. The first-order valence-electron chi connectivity index (χ1n) is 4.79. The molecule has 0 saturated heterocycles. The van der Waals surface area contributed by atoms with Crippen LogP contribution in [0.15, 0.2) is 16.6 Å². The lowest BCUT2D eigenvalue weighted by atomic mass is 10.1. The number of phenols is 1. The molecule has 5 nitrogen and oxygen atoms in total. The van der Waals surface area contributed by atoms with Gasteiger partial charge in [0, 0.05) is 4.47 Å². The summed E-state index contributed by atoms with van der Waals surface area (Å²) in [6.07, 6.45) is 0. The summed E-state index contributed by atoms with van der Waals surface area (Å²) in [5.41, 5.74) is -0.0500. The van der Waals surface area contributed by atoms with Gasteiger partial charge in [-0.25, -0.2) is 4.79 Å². The Morgan fingerprint density at radius 1 is 1.41 bits per heavy atom. The SMILES string of the molecule is CCOC(=O)C(=O)c1c(Br)ccc(O)c1OC. The van der Waals surface area contributed by atoms with E-state index >= 15 is 0 Å². The maximum Gasteiger partial charge on any atom is 0.379 e. The Labute approximate surface area is 106 Å². The summed E-state index contributed by atoms with van der Waals surface area (Å²) in [5.74, 6) is -2.13. The van der Waals surface area contributed by atoms with E-state index in [-0.39, 0.29) is 23.7 Å². The predicted octanol–water partition coefficient (Wildman–Crippen LogP) is 1.91. The van der Waals surface area contributed by atoms with Gasteiger partial charge >= 0.3 is 5.97 Å². The minimum atomic E-state index is -0.989. The van der Waals surface area contributed by atoms with Crippen molar-refractivity contribution >= 4 is 27.7 Å². The van der Waals surface area contributed by atoms with Crippen LogP contribution in [0.3, 0.4) is 0 Å². The average Bonchev–Trinajstić information content (AvgIpc) is 2.31. The average molecular weight is 303 g/mol. The molecule has 17 heavy (non-hydrogen) atoms. The number of esters is 1. The summed E-state index contributed by atoms with van der Waals surface area (Å²) in [6, 6.07) is 2.80. The molecule has 0 aliphatic heterocycles. The van der Waals surface area contributed by atoms with E-state index in [0.717, 1.165) is 0 Å². The van der Waals surface area contributed by atoms with E-state index in [0.29, 0.717) is 4.47 Å². The zero-order chi connectivity index (χ0) is 13.0. The molecule has 0 aliphatic rings. The molecule has 0 unspecified atom stereocenters. The summed E-state index contributed by atoms with van der Waals surface area (Å²) in [6.45, 7) is 1.70. The molecule has 0 saturated carbocycles. The normalized spacial score (nSPS) is 9.82. The fourth-order valence-electron chi connectivity index (χ4n) is 1.26. The number of carbonyl (C=O) groups excluding carboxylic acids is 2. The first kappa shape index (κ1) is 13.5. The largest absolute Gasteiger partial charge is 0.504 e. The van der Waals surface area contributed by atoms with Gasteiger partial charge in [-0.2, -0.15) is 0 Å². The molecule has 1 aromatic carbocycles. The Balaban J connectivity index is 3.25. The number of ether oxygens (including phenoxy) is 2. The highest BCUT2D eigenvalue weighted by Gasteiger charge is 2.26. The molecular weight excluding hydrogens is 292 g/mol. The van der Waals surface area contributed by atoms with Crippen molar-refractivity contribution in [2.24, 2.45) is 0 Å². The fourth-order valence-corrected chi connectivity index (χ4v) is 1.76. The smallest absolute Gasteiger partial charge is 0.379 e. The molecule has 0 fully saturated rings. The quantitative estimate of drug-likeness (QED) is 0.522. The topological polar surface area (TPSA) is 72.8 Å². The lowest BCUT2D eigenvalue weighted by Crippen LogP contribution is -2.18. The highest BCUT2D eigenvalue weighted by atomic mass is 79.9. The first-order valence-corrected chi connectivity index (χ1v) is 5.59. The Bertz CT molecular complexity index is 455. The number of aromatic hydroxyl groups is 1. The molecule has 6 heteroatoms. The van der Waals surface area contributed by atoms with E-state index in [9.17, 15) is 14.7 Å². The maximum absolute atomic E-state index is 11.8. The second kappa shape index (κ2) is 5.67. The van der Waals surface area contributed by atoms with Crippen LogP contribution in [0.4, 0.5) is 0 Å². The Hall–Kier alpha value is -1.56. The van der Waals surface area contributed by atoms with Crippen molar-refractivity contribution in [1.29, 1.82) is 0 Å². The van der Waals surface area contributed by atoms with Crippen molar-refractivity contribution in [3.05, 3.63) is 22.2 Å². The summed E-state index contributed by atoms with van der Waals surface area (Å²) < 4.78 is 9.86. The van der Waals surface area contributed by atoms with Crippen molar-refractivity contribution in [3.63, 3.8) is 0 Å². The van der Waals surface area contributed by atoms with Crippen molar-refractivity contribution in [2.75, 3.05) is 13.7 Å². The summed E-state index contributed by atoms with van der Waals surface area (Å²) in [4.78, 5) is 23.1. The third kappa shape index (κ3) is 2.76. The molecule has 0 bridgehead atoms. The predicted molar refractivity (Wildman–Crippen MR) is 63.3 cm³/mol. The van der Waals surface area contributed by atoms with Crippen LogP contribution < -0.4 is 4.74 Å². The number of Topliss-reactive ketones (excluding diaryl/α,β-unsaturated/α-hetero) is 1. The van der Waals surface area contributed by atoms with Crippen molar-refractivity contribution in [1.82, 2.24) is 0 Å². The van der Waals surface area contributed by atoms with E-state index in [1.165, 1.54) is 19.2 Å². The number of benzene rings is 1. The monoisotopic (exact) mass is 302 g/mol. The molecule has 0 spiro atoms. The first-order chi connectivity index (χ1) is 8.02. The number of hydrogen-bond acceptors (Lipinski definition) is 5. The van der Waals surface area contributed by atoms with Crippen LogP contribution in [0.1, 0.15) is 17.3 Å². The summed E-state index contributed by atoms with van der Waals surface area (Å²) in [5, 5.41) is 9.53. The minimum absolute atomic E-state index is 0.0500. The molecule has 0 heterocycles. The third-order valence-electron chi connectivity index (χ3n) is 1.98. The second-order valence-electron chi connectivity index (χ2n) is 3.02. The molecule has 1 N–H and O–H groups in total. The summed E-state index contributed by atoms with van der Waals surface area (Å²) in [7, 11) is 1.30. The van der Waals surface area contributed by atoms with Crippen molar-refractivity contribution < 1.29 is 24.2 Å². The lowest BCUT2D eigenvalue weighted by Gasteiger charge is -2.10.